The van der Waals surface area contributed by atoms with Gasteiger partial charge in [0.1, 0.15) is 18.2 Å². The molecule has 0 bridgehead atoms. The summed E-state index contributed by atoms with van der Waals surface area (Å²) in [7, 11) is -1.25. The number of carbonyl (C=O) groups excluding carboxylic acids is 3. The van der Waals surface area contributed by atoms with Crippen molar-refractivity contribution in [2.75, 3.05) is 13.2 Å². The lowest BCUT2D eigenvalue weighted by atomic mass is 10.2. The van der Waals surface area contributed by atoms with Crippen molar-refractivity contribution in [1.82, 2.24) is 10.6 Å². The van der Waals surface area contributed by atoms with Crippen LogP contribution in [-0.4, -0.2) is 50.8 Å². The molecule has 0 aliphatic heterocycles. The Hall–Kier alpha value is -1.57. The molecule has 7 nitrogen and oxygen atoms in total. The normalized spacial score (nSPS) is 13.0. The molecule has 134 valence electrons. The molecule has 2 N–H and O–H groups in total. The molecule has 0 unspecified atom stereocenters. The van der Waals surface area contributed by atoms with Gasteiger partial charge in [-0.3, -0.25) is 9.59 Å². The van der Waals surface area contributed by atoms with Crippen LogP contribution >= 0.6 is 0 Å². The summed E-state index contributed by atoms with van der Waals surface area (Å²) in [5, 5.41) is 4.83. The van der Waals surface area contributed by atoms with Crippen LogP contribution in [0.3, 0.4) is 0 Å². The second-order valence-corrected chi connectivity index (χ2v) is 13.2. The van der Waals surface area contributed by atoms with Gasteiger partial charge in [-0.15, -0.1) is 0 Å². The molecule has 0 saturated carbocycles. The summed E-state index contributed by atoms with van der Waals surface area (Å²) < 4.78 is 10.1. The van der Waals surface area contributed by atoms with Gasteiger partial charge in [0, 0.05) is 8.07 Å². The third-order valence-electron chi connectivity index (χ3n) is 2.65. The van der Waals surface area contributed by atoms with E-state index in [1.165, 1.54) is 6.92 Å². The van der Waals surface area contributed by atoms with E-state index in [2.05, 4.69) is 30.3 Å². The van der Waals surface area contributed by atoms with E-state index in [0.29, 0.717) is 6.61 Å². The zero-order valence-corrected chi connectivity index (χ0v) is 16.2. The lowest BCUT2D eigenvalue weighted by molar-refractivity contribution is -0.143. The molecule has 0 rings (SSSR count). The van der Waals surface area contributed by atoms with Gasteiger partial charge in [0.25, 0.3) is 0 Å². The van der Waals surface area contributed by atoms with Gasteiger partial charge in [-0.25, -0.2) is 4.79 Å². The Bertz CT molecular complexity index is 427. The Labute approximate surface area is 139 Å². The number of ether oxygens (including phenoxy) is 2. The van der Waals surface area contributed by atoms with Crippen LogP contribution in [0.2, 0.25) is 25.7 Å². The first-order chi connectivity index (χ1) is 10.3. The average molecular weight is 347 g/mol. The maximum atomic E-state index is 11.8. The molecule has 0 spiro atoms. The molecule has 0 fully saturated rings. The minimum absolute atomic E-state index is 0.217. The summed E-state index contributed by atoms with van der Waals surface area (Å²) in [5.74, 6) is -0.959. The first-order valence-electron chi connectivity index (χ1n) is 7.73. The predicted molar refractivity (Wildman–Crippen MR) is 91.0 cm³/mol. The molecular formula is C15H30N2O5Si. The van der Waals surface area contributed by atoms with Crippen molar-refractivity contribution in [1.29, 1.82) is 0 Å². The minimum atomic E-state index is -1.25. The van der Waals surface area contributed by atoms with Crippen LogP contribution < -0.4 is 10.6 Å². The molecule has 0 aromatic rings. The van der Waals surface area contributed by atoms with Crippen molar-refractivity contribution in [3.8, 4) is 0 Å². The second kappa shape index (κ2) is 8.90. The molecule has 0 aromatic heterocycles. The Morgan fingerprint density at radius 3 is 2.17 bits per heavy atom. The molecule has 0 radical (unpaired) electrons. The minimum Gasteiger partial charge on any atom is -0.465 e. The van der Waals surface area contributed by atoms with Gasteiger partial charge >= 0.3 is 12.1 Å². The van der Waals surface area contributed by atoms with E-state index in [4.69, 9.17) is 9.47 Å². The summed E-state index contributed by atoms with van der Waals surface area (Å²) in [5.41, 5.74) is -0.638. The zero-order valence-electron chi connectivity index (χ0n) is 15.2. The van der Waals surface area contributed by atoms with Gasteiger partial charge < -0.3 is 20.1 Å². The van der Waals surface area contributed by atoms with Gasteiger partial charge in [0.05, 0.1) is 6.61 Å². The fraction of sp³-hybridized carbons (Fsp3) is 0.800. The standard InChI is InChI=1S/C15H30N2O5Si/c1-11(17-14(20)22-15(2,3)4)13(19)16-10-12(18)21-8-9-23(5,6)7/h11H,8-10H2,1-7H3,(H,16,19)(H,17,20)/t11-/m1/s1. The SMILES string of the molecule is C[C@@H](NC(=O)OC(C)(C)C)C(=O)NCC(=O)OCC[Si](C)(C)C. The van der Waals surface area contributed by atoms with Gasteiger partial charge in [-0.05, 0) is 33.7 Å². The van der Waals surface area contributed by atoms with Crippen LogP contribution in [0.15, 0.2) is 0 Å². The maximum absolute atomic E-state index is 11.8. The summed E-state index contributed by atoms with van der Waals surface area (Å²) in [6, 6.07) is 0.0724. The monoisotopic (exact) mass is 346 g/mol. The van der Waals surface area contributed by atoms with Crippen LogP contribution in [-0.2, 0) is 19.1 Å². The van der Waals surface area contributed by atoms with E-state index in [1.807, 2.05) is 0 Å². The fourth-order valence-electron chi connectivity index (χ4n) is 1.38. The van der Waals surface area contributed by atoms with Crippen LogP contribution in [0.25, 0.3) is 0 Å². The van der Waals surface area contributed by atoms with E-state index in [9.17, 15) is 14.4 Å². The van der Waals surface area contributed by atoms with Crippen molar-refractivity contribution in [2.45, 2.75) is 65.0 Å². The van der Waals surface area contributed by atoms with E-state index < -0.39 is 37.7 Å². The largest absolute Gasteiger partial charge is 0.465 e. The highest BCUT2D eigenvalue weighted by molar-refractivity contribution is 6.76. The summed E-state index contributed by atoms with van der Waals surface area (Å²) in [4.78, 5) is 34.9. The third kappa shape index (κ3) is 12.6. The Morgan fingerprint density at radius 2 is 1.70 bits per heavy atom. The average Bonchev–Trinajstić information content (AvgIpc) is 2.31. The lowest BCUT2D eigenvalue weighted by Gasteiger charge is -2.21. The van der Waals surface area contributed by atoms with E-state index in [1.54, 1.807) is 20.8 Å². The van der Waals surface area contributed by atoms with Crippen molar-refractivity contribution < 1.29 is 23.9 Å². The topological polar surface area (TPSA) is 93.7 Å². The number of hydrogen-bond acceptors (Lipinski definition) is 5. The number of alkyl carbamates (subject to hydrolysis) is 1. The number of hydrogen-bond donors (Lipinski definition) is 2. The first-order valence-corrected chi connectivity index (χ1v) is 11.4. The Morgan fingerprint density at radius 1 is 1.13 bits per heavy atom. The number of nitrogens with one attached hydrogen (secondary N) is 2. The van der Waals surface area contributed by atoms with Crippen LogP contribution in [0.1, 0.15) is 27.7 Å². The molecule has 23 heavy (non-hydrogen) atoms. The van der Waals surface area contributed by atoms with Crippen LogP contribution in [0.4, 0.5) is 4.79 Å². The van der Waals surface area contributed by atoms with Crippen molar-refractivity contribution in [3.05, 3.63) is 0 Å². The highest BCUT2D eigenvalue weighted by Gasteiger charge is 2.21. The van der Waals surface area contributed by atoms with Crippen LogP contribution in [0.5, 0.6) is 0 Å². The summed E-state index contributed by atoms with van der Waals surface area (Å²) >= 11 is 0. The predicted octanol–water partition coefficient (Wildman–Crippen LogP) is 1.90. The second-order valence-electron chi connectivity index (χ2n) is 7.62. The molecule has 0 aliphatic carbocycles. The van der Waals surface area contributed by atoms with Gasteiger partial charge in [0.2, 0.25) is 5.91 Å². The van der Waals surface area contributed by atoms with Gasteiger partial charge in [0.15, 0.2) is 0 Å². The molecule has 0 saturated heterocycles. The van der Waals surface area contributed by atoms with Crippen LogP contribution in [0, 0.1) is 0 Å². The molecular weight excluding hydrogens is 316 g/mol. The maximum Gasteiger partial charge on any atom is 0.408 e. The number of carbonyl (C=O) groups is 3. The van der Waals surface area contributed by atoms with E-state index in [0.717, 1.165) is 6.04 Å². The summed E-state index contributed by atoms with van der Waals surface area (Å²) in [6.45, 7) is 13.4. The van der Waals surface area contributed by atoms with Gasteiger partial charge in [-0.2, -0.15) is 0 Å². The lowest BCUT2D eigenvalue weighted by Crippen LogP contribution is -2.47. The molecule has 8 heteroatoms. The number of rotatable bonds is 7. The van der Waals surface area contributed by atoms with Crippen molar-refractivity contribution in [3.63, 3.8) is 0 Å². The van der Waals surface area contributed by atoms with E-state index >= 15 is 0 Å². The zero-order chi connectivity index (χ0) is 18.3. The first kappa shape index (κ1) is 21.4. The molecule has 0 aromatic carbocycles. The van der Waals surface area contributed by atoms with Crippen molar-refractivity contribution >= 4 is 26.0 Å². The van der Waals surface area contributed by atoms with Crippen molar-refractivity contribution in [2.24, 2.45) is 0 Å². The highest BCUT2D eigenvalue weighted by atomic mass is 28.3. The number of amides is 2. The molecule has 0 heterocycles. The molecule has 0 aliphatic rings. The highest BCUT2D eigenvalue weighted by Crippen LogP contribution is 2.07. The Balaban J connectivity index is 4.04. The summed E-state index contributed by atoms with van der Waals surface area (Å²) in [6.07, 6.45) is -0.683. The molecule has 1 atom stereocenters. The quantitative estimate of drug-likeness (QED) is 0.542. The fourth-order valence-corrected chi connectivity index (χ4v) is 2.10. The number of esters is 1. The smallest absolute Gasteiger partial charge is 0.408 e. The Kier molecular flexibility index (Phi) is 8.29. The van der Waals surface area contributed by atoms with E-state index in [-0.39, 0.29) is 6.54 Å². The third-order valence-corrected chi connectivity index (χ3v) is 4.35. The molecule has 2 amide bonds. The van der Waals surface area contributed by atoms with Gasteiger partial charge in [-0.1, -0.05) is 19.6 Å².